The summed E-state index contributed by atoms with van der Waals surface area (Å²) in [4.78, 5) is 12.4. The van der Waals surface area contributed by atoms with E-state index in [1.165, 1.54) is 0 Å². The first-order valence-corrected chi connectivity index (χ1v) is 9.40. The monoisotopic (exact) mass is 384 g/mol. The van der Waals surface area contributed by atoms with Crippen molar-refractivity contribution in [1.29, 1.82) is 5.26 Å². The van der Waals surface area contributed by atoms with Crippen molar-refractivity contribution in [1.82, 2.24) is 15.1 Å². The maximum Gasteiger partial charge on any atom is 0.262 e. The molecule has 0 radical (unpaired) electrons. The minimum absolute atomic E-state index is 0.0562. The van der Waals surface area contributed by atoms with Crippen LogP contribution in [0.4, 0.5) is 0 Å². The van der Waals surface area contributed by atoms with Crippen molar-refractivity contribution >= 4 is 12.0 Å². The Morgan fingerprint density at radius 1 is 1.21 bits per heavy atom. The zero-order valence-corrected chi connectivity index (χ0v) is 16.0. The molecule has 0 saturated heterocycles. The topological polar surface area (TPSA) is 79.9 Å². The second kappa shape index (κ2) is 8.03. The molecule has 2 aromatic carbocycles. The second-order valence-electron chi connectivity index (χ2n) is 6.83. The summed E-state index contributed by atoms with van der Waals surface area (Å²) in [6.45, 7) is 0. The largest absolute Gasteiger partial charge is 0.496 e. The Labute approximate surface area is 169 Å². The summed E-state index contributed by atoms with van der Waals surface area (Å²) in [6.07, 6.45) is 5.33. The van der Waals surface area contributed by atoms with Crippen LogP contribution >= 0.6 is 0 Å². The minimum Gasteiger partial charge on any atom is -0.496 e. The van der Waals surface area contributed by atoms with Crippen molar-refractivity contribution in [3.8, 4) is 28.8 Å². The van der Waals surface area contributed by atoms with E-state index in [2.05, 4.69) is 5.32 Å². The molecule has 1 fully saturated rings. The van der Waals surface area contributed by atoms with Crippen molar-refractivity contribution < 1.29 is 9.53 Å². The van der Waals surface area contributed by atoms with E-state index < -0.39 is 0 Å². The van der Waals surface area contributed by atoms with Crippen LogP contribution in [0.3, 0.4) is 0 Å². The normalized spacial score (nSPS) is 13.6. The third kappa shape index (κ3) is 4.04. The summed E-state index contributed by atoms with van der Waals surface area (Å²) in [6, 6.07) is 19.4. The number of hydrogen-bond donors (Lipinski definition) is 1. The smallest absolute Gasteiger partial charge is 0.262 e. The van der Waals surface area contributed by atoms with Crippen molar-refractivity contribution in [2.75, 3.05) is 7.11 Å². The highest BCUT2D eigenvalue weighted by Crippen LogP contribution is 2.33. The molecule has 0 atom stereocenters. The Bertz CT molecular complexity index is 1110. The third-order valence-corrected chi connectivity index (χ3v) is 4.70. The number of carbonyl (C=O) groups excluding carboxylic acids is 1. The Hall–Kier alpha value is -3.85. The van der Waals surface area contributed by atoms with E-state index >= 15 is 0 Å². The molecule has 4 rings (SSSR count). The Morgan fingerprint density at radius 3 is 2.62 bits per heavy atom. The quantitative estimate of drug-likeness (QED) is 0.519. The van der Waals surface area contributed by atoms with Gasteiger partial charge in [0.1, 0.15) is 23.1 Å². The fraction of sp³-hybridized carbons (Fsp3) is 0.174. The van der Waals surface area contributed by atoms with Crippen LogP contribution in [-0.2, 0) is 4.79 Å². The molecule has 0 bridgehead atoms. The van der Waals surface area contributed by atoms with Gasteiger partial charge < -0.3 is 10.1 Å². The number of amides is 1. The van der Waals surface area contributed by atoms with E-state index in [1.54, 1.807) is 17.9 Å². The number of rotatable bonds is 6. The van der Waals surface area contributed by atoms with E-state index in [9.17, 15) is 10.1 Å². The highest BCUT2D eigenvalue weighted by molar-refractivity contribution is 6.02. The van der Waals surface area contributed by atoms with Crippen molar-refractivity contribution in [3.63, 3.8) is 0 Å². The number of nitriles is 1. The van der Waals surface area contributed by atoms with Gasteiger partial charge in [-0.3, -0.25) is 4.79 Å². The number of nitrogens with zero attached hydrogens (tertiary/aromatic N) is 3. The predicted molar refractivity (Wildman–Crippen MR) is 110 cm³/mol. The fourth-order valence-electron chi connectivity index (χ4n) is 3.05. The van der Waals surface area contributed by atoms with Gasteiger partial charge in [0.2, 0.25) is 0 Å². The molecule has 3 aromatic rings. The minimum atomic E-state index is -0.353. The summed E-state index contributed by atoms with van der Waals surface area (Å²) in [5, 5.41) is 17.1. The lowest BCUT2D eigenvalue weighted by atomic mass is 10.0. The molecular weight excluding hydrogens is 364 g/mol. The molecule has 29 heavy (non-hydrogen) atoms. The molecule has 0 spiro atoms. The van der Waals surface area contributed by atoms with Crippen molar-refractivity contribution in [2.45, 2.75) is 18.9 Å². The SMILES string of the molecule is COc1ccccc1-c1nn(-c2ccccc2)cc1/C=C(\C#N)C(=O)NC1CC1. The van der Waals surface area contributed by atoms with Gasteiger partial charge in [-0.1, -0.05) is 30.3 Å². The average molecular weight is 384 g/mol. The summed E-state index contributed by atoms with van der Waals surface area (Å²) < 4.78 is 7.23. The summed E-state index contributed by atoms with van der Waals surface area (Å²) >= 11 is 0. The van der Waals surface area contributed by atoms with Gasteiger partial charge in [0, 0.05) is 23.4 Å². The number of benzene rings is 2. The lowest BCUT2D eigenvalue weighted by Gasteiger charge is -2.07. The maximum absolute atomic E-state index is 12.4. The molecule has 1 N–H and O–H groups in total. The number of carbonyl (C=O) groups is 1. The summed E-state index contributed by atoms with van der Waals surface area (Å²) in [7, 11) is 1.60. The van der Waals surface area contributed by atoms with Gasteiger partial charge in [-0.05, 0) is 43.2 Å². The van der Waals surface area contributed by atoms with Crippen LogP contribution in [0.15, 0.2) is 66.4 Å². The van der Waals surface area contributed by atoms with Crippen LogP contribution in [0, 0.1) is 11.3 Å². The zero-order chi connectivity index (χ0) is 20.2. The van der Waals surface area contributed by atoms with Crippen molar-refractivity contribution in [2.24, 2.45) is 0 Å². The lowest BCUT2D eigenvalue weighted by molar-refractivity contribution is -0.117. The van der Waals surface area contributed by atoms with Gasteiger partial charge in [0.05, 0.1) is 12.8 Å². The lowest BCUT2D eigenvalue weighted by Crippen LogP contribution is -2.26. The predicted octanol–water partition coefficient (Wildman–Crippen LogP) is 3.73. The van der Waals surface area contributed by atoms with Gasteiger partial charge >= 0.3 is 0 Å². The van der Waals surface area contributed by atoms with Crippen LogP contribution in [0.2, 0.25) is 0 Å². The Kier molecular flexibility index (Phi) is 5.12. The molecule has 144 valence electrons. The molecule has 0 aliphatic heterocycles. The fourth-order valence-corrected chi connectivity index (χ4v) is 3.05. The van der Waals surface area contributed by atoms with E-state index in [0.29, 0.717) is 17.0 Å². The highest BCUT2D eigenvalue weighted by atomic mass is 16.5. The molecule has 1 saturated carbocycles. The van der Waals surface area contributed by atoms with Gasteiger partial charge in [-0.2, -0.15) is 10.4 Å². The molecule has 1 aliphatic carbocycles. The van der Waals surface area contributed by atoms with E-state index in [4.69, 9.17) is 9.84 Å². The maximum atomic E-state index is 12.4. The van der Waals surface area contributed by atoms with Crippen LogP contribution in [-0.4, -0.2) is 28.8 Å². The first-order valence-electron chi connectivity index (χ1n) is 9.40. The van der Waals surface area contributed by atoms with Crippen LogP contribution < -0.4 is 10.1 Å². The van der Waals surface area contributed by atoms with E-state index in [1.807, 2.05) is 66.9 Å². The molecule has 1 heterocycles. The zero-order valence-electron chi connectivity index (χ0n) is 16.0. The number of para-hydroxylation sites is 2. The van der Waals surface area contributed by atoms with Gasteiger partial charge in [-0.15, -0.1) is 0 Å². The van der Waals surface area contributed by atoms with E-state index in [-0.39, 0.29) is 17.5 Å². The van der Waals surface area contributed by atoms with Gasteiger partial charge in [0.25, 0.3) is 5.91 Å². The standard InChI is InChI=1S/C23H20N4O2/c1-29-21-10-6-5-9-20(21)22-17(13-16(14-24)23(28)25-18-11-12-18)15-27(26-22)19-7-3-2-4-8-19/h2-10,13,15,18H,11-12H2,1H3,(H,25,28)/b16-13+. The third-order valence-electron chi connectivity index (χ3n) is 4.70. The number of ether oxygens (including phenoxy) is 1. The number of methoxy groups -OCH3 is 1. The molecule has 1 aliphatic rings. The average Bonchev–Trinajstić information content (AvgIpc) is 3.48. The second-order valence-corrected chi connectivity index (χ2v) is 6.83. The van der Waals surface area contributed by atoms with Crippen LogP contribution in [0.5, 0.6) is 5.75 Å². The molecule has 6 nitrogen and oxygen atoms in total. The Balaban J connectivity index is 1.82. The molecule has 6 heteroatoms. The number of nitrogens with one attached hydrogen (secondary N) is 1. The molecule has 1 aromatic heterocycles. The Morgan fingerprint density at radius 2 is 1.93 bits per heavy atom. The van der Waals surface area contributed by atoms with Crippen molar-refractivity contribution in [3.05, 3.63) is 71.9 Å². The number of hydrogen-bond acceptors (Lipinski definition) is 4. The first-order chi connectivity index (χ1) is 14.2. The molecule has 1 amide bonds. The number of aromatic nitrogens is 2. The van der Waals surface area contributed by atoms with Crippen LogP contribution in [0.1, 0.15) is 18.4 Å². The molecular formula is C23H20N4O2. The summed E-state index contributed by atoms with van der Waals surface area (Å²) in [5.41, 5.74) is 3.03. The highest BCUT2D eigenvalue weighted by Gasteiger charge is 2.25. The van der Waals surface area contributed by atoms with Gasteiger partial charge in [-0.25, -0.2) is 4.68 Å². The van der Waals surface area contributed by atoms with E-state index in [0.717, 1.165) is 24.1 Å². The molecule has 0 unspecified atom stereocenters. The summed E-state index contributed by atoms with van der Waals surface area (Å²) in [5.74, 6) is 0.315. The first kappa shape index (κ1) is 18.5. The van der Waals surface area contributed by atoms with Crippen LogP contribution in [0.25, 0.3) is 23.0 Å². The van der Waals surface area contributed by atoms with Gasteiger partial charge in [0.15, 0.2) is 0 Å².